The Morgan fingerprint density at radius 3 is 1.48 bits per heavy atom. The quantitative estimate of drug-likeness (QED) is 0.574. The highest BCUT2D eigenvalue weighted by molar-refractivity contribution is 5.90. The van der Waals surface area contributed by atoms with Gasteiger partial charge in [0.15, 0.2) is 12.2 Å². The molecule has 132 valence electrons. The summed E-state index contributed by atoms with van der Waals surface area (Å²) < 4.78 is 16.3. The van der Waals surface area contributed by atoms with Crippen LogP contribution in [0.5, 0.6) is 0 Å². The molecule has 0 aromatic carbocycles. The molecule has 0 N–H and O–H groups in total. The first kappa shape index (κ1) is 18.4. The lowest BCUT2D eigenvalue weighted by Crippen LogP contribution is -2.34. The number of ether oxygens (including phenoxy) is 3. The van der Waals surface area contributed by atoms with E-state index in [9.17, 15) is 9.59 Å². The van der Waals surface area contributed by atoms with Gasteiger partial charge in [-0.2, -0.15) is 0 Å². The Bertz CT molecular complexity index is 314. The molecule has 2 atom stereocenters. The van der Waals surface area contributed by atoms with Gasteiger partial charge in [-0.1, -0.05) is 51.4 Å². The monoisotopic (exact) mass is 326 g/mol. The Kier molecular flexibility index (Phi) is 8.61. The summed E-state index contributed by atoms with van der Waals surface area (Å²) in [6.07, 6.45) is 10.7. The molecule has 0 radical (unpaired) electrons. The largest absolute Gasteiger partial charge is 0.389 e. The lowest BCUT2D eigenvalue weighted by Gasteiger charge is -2.18. The maximum atomic E-state index is 12.2. The second-order valence-corrected chi connectivity index (χ2v) is 6.57. The third-order valence-corrected chi connectivity index (χ3v) is 4.59. The first-order valence-corrected chi connectivity index (χ1v) is 9.26. The standard InChI is InChI=1S/C18H30O5/c19-17(15-11-7-3-1-5-9-13-21-15)23-18(20)16-12-8-4-2-6-10-14-22-16/h15-16H,1-14H2. The zero-order valence-corrected chi connectivity index (χ0v) is 14.1. The van der Waals surface area contributed by atoms with Crippen molar-refractivity contribution in [2.45, 2.75) is 89.3 Å². The van der Waals surface area contributed by atoms with Crippen LogP contribution in [0.2, 0.25) is 0 Å². The van der Waals surface area contributed by atoms with E-state index in [1.807, 2.05) is 0 Å². The molecule has 2 aliphatic rings. The maximum Gasteiger partial charge on any atom is 0.342 e. The van der Waals surface area contributed by atoms with Gasteiger partial charge in [0.2, 0.25) is 0 Å². The molecule has 5 nitrogen and oxygen atoms in total. The van der Waals surface area contributed by atoms with E-state index >= 15 is 0 Å². The molecule has 2 unspecified atom stereocenters. The van der Waals surface area contributed by atoms with Gasteiger partial charge in [-0.25, -0.2) is 9.59 Å². The third kappa shape index (κ3) is 7.00. The van der Waals surface area contributed by atoms with Gasteiger partial charge in [0.05, 0.1) is 0 Å². The van der Waals surface area contributed by atoms with Crippen molar-refractivity contribution in [3.63, 3.8) is 0 Å². The summed E-state index contributed by atoms with van der Waals surface area (Å²) in [7, 11) is 0. The Morgan fingerprint density at radius 1 is 0.609 bits per heavy atom. The van der Waals surface area contributed by atoms with E-state index in [2.05, 4.69) is 0 Å². The fourth-order valence-corrected chi connectivity index (χ4v) is 3.14. The molecule has 5 heteroatoms. The number of esters is 2. The average molecular weight is 326 g/mol. The summed E-state index contributed by atoms with van der Waals surface area (Å²) in [5.74, 6) is -1.08. The molecule has 2 rings (SSSR count). The van der Waals surface area contributed by atoms with Gasteiger partial charge >= 0.3 is 11.9 Å². The van der Waals surface area contributed by atoms with Crippen LogP contribution in [-0.4, -0.2) is 37.4 Å². The fraction of sp³-hybridized carbons (Fsp3) is 0.889. The number of hydrogen-bond donors (Lipinski definition) is 0. The molecule has 0 aliphatic carbocycles. The minimum Gasteiger partial charge on any atom is -0.389 e. The van der Waals surface area contributed by atoms with Crippen LogP contribution in [-0.2, 0) is 23.8 Å². The van der Waals surface area contributed by atoms with Gasteiger partial charge in [0.1, 0.15) is 0 Å². The van der Waals surface area contributed by atoms with Gasteiger partial charge in [-0.15, -0.1) is 0 Å². The fourth-order valence-electron chi connectivity index (χ4n) is 3.14. The van der Waals surface area contributed by atoms with Crippen LogP contribution in [0.15, 0.2) is 0 Å². The van der Waals surface area contributed by atoms with Crippen LogP contribution in [0.3, 0.4) is 0 Å². The second-order valence-electron chi connectivity index (χ2n) is 6.57. The zero-order valence-electron chi connectivity index (χ0n) is 14.1. The van der Waals surface area contributed by atoms with Gasteiger partial charge in [-0.3, -0.25) is 0 Å². The predicted molar refractivity (Wildman–Crippen MR) is 86.0 cm³/mol. The van der Waals surface area contributed by atoms with Gasteiger partial charge in [0, 0.05) is 13.2 Å². The van der Waals surface area contributed by atoms with Gasteiger partial charge in [0.25, 0.3) is 0 Å². The van der Waals surface area contributed by atoms with E-state index in [0.717, 1.165) is 51.4 Å². The molecule has 2 heterocycles. The van der Waals surface area contributed by atoms with Crippen molar-refractivity contribution in [1.82, 2.24) is 0 Å². The van der Waals surface area contributed by atoms with Crippen LogP contribution < -0.4 is 0 Å². The summed E-state index contributed by atoms with van der Waals surface area (Å²) in [6, 6.07) is 0. The molecule has 23 heavy (non-hydrogen) atoms. The van der Waals surface area contributed by atoms with E-state index < -0.39 is 24.1 Å². The smallest absolute Gasteiger partial charge is 0.342 e. The minimum absolute atomic E-state index is 0.541. The SMILES string of the molecule is O=C(OC(=O)C1CCCCCCCO1)C1CCCCCCCO1. The third-order valence-electron chi connectivity index (χ3n) is 4.59. The van der Waals surface area contributed by atoms with E-state index in [1.54, 1.807) is 0 Å². The maximum absolute atomic E-state index is 12.2. The van der Waals surface area contributed by atoms with Crippen molar-refractivity contribution >= 4 is 11.9 Å². The van der Waals surface area contributed by atoms with Crippen molar-refractivity contribution in [2.75, 3.05) is 13.2 Å². The number of carbonyl (C=O) groups excluding carboxylic acids is 2. The zero-order chi connectivity index (χ0) is 16.3. The second kappa shape index (κ2) is 10.8. The number of hydrogen-bond acceptors (Lipinski definition) is 5. The molecule has 0 amide bonds. The molecule has 0 aromatic rings. The van der Waals surface area contributed by atoms with Crippen LogP contribution >= 0.6 is 0 Å². The lowest BCUT2D eigenvalue weighted by atomic mass is 10.1. The topological polar surface area (TPSA) is 61.8 Å². The first-order valence-electron chi connectivity index (χ1n) is 9.26. The molecular formula is C18H30O5. The summed E-state index contributed by atoms with van der Waals surface area (Å²) >= 11 is 0. The van der Waals surface area contributed by atoms with E-state index in [4.69, 9.17) is 14.2 Å². The van der Waals surface area contributed by atoms with E-state index in [1.165, 1.54) is 12.8 Å². The van der Waals surface area contributed by atoms with Crippen molar-refractivity contribution in [3.8, 4) is 0 Å². The van der Waals surface area contributed by atoms with Crippen molar-refractivity contribution in [2.24, 2.45) is 0 Å². The molecule has 2 fully saturated rings. The normalized spacial score (nSPS) is 28.2. The Morgan fingerprint density at radius 2 is 1.00 bits per heavy atom. The summed E-state index contributed by atoms with van der Waals surface area (Å²) in [4.78, 5) is 24.5. The summed E-state index contributed by atoms with van der Waals surface area (Å²) in [5.41, 5.74) is 0. The highest BCUT2D eigenvalue weighted by Gasteiger charge is 2.28. The molecule has 2 aliphatic heterocycles. The Balaban J connectivity index is 1.82. The summed E-state index contributed by atoms with van der Waals surface area (Å²) in [6.45, 7) is 1.13. The van der Waals surface area contributed by atoms with Gasteiger partial charge in [-0.05, 0) is 25.7 Å². The molecular weight excluding hydrogens is 296 g/mol. The van der Waals surface area contributed by atoms with E-state index in [-0.39, 0.29) is 0 Å². The minimum atomic E-state index is -0.603. The Labute approximate surface area is 139 Å². The molecule has 0 spiro atoms. The highest BCUT2D eigenvalue weighted by Crippen LogP contribution is 2.17. The first-order chi connectivity index (χ1) is 11.3. The summed E-state index contributed by atoms with van der Waals surface area (Å²) in [5, 5.41) is 0. The number of rotatable bonds is 2. The predicted octanol–water partition coefficient (Wildman–Crippen LogP) is 3.54. The number of carbonyl (C=O) groups is 2. The Hall–Kier alpha value is -0.940. The molecule has 0 saturated carbocycles. The van der Waals surface area contributed by atoms with Gasteiger partial charge < -0.3 is 14.2 Å². The van der Waals surface area contributed by atoms with Crippen LogP contribution in [0.4, 0.5) is 0 Å². The lowest BCUT2D eigenvalue weighted by molar-refractivity contribution is -0.176. The van der Waals surface area contributed by atoms with Crippen molar-refractivity contribution < 1.29 is 23.8 Å². The van der Waals surface area contributed by atoms with Crippen LogP contribution in [0, 0.1) is 0 Å². The average Bonchev–Trinajstić information content (AvgIpc) is 2.77. The highest BCUT2D eigenvalue weighted by atomic mass is 16.6. The van der Waals surface area contributed by atoms with Crippen LogP contribution in [0.1, 0.15) is 77.0 Å². The molecule has 0 aromatic heterocycles. The molecule has 0 bridgehead atoms. The molecule has 2 saturated heterocycles. The van der Waals surface area contributed by atoms with E-state index in [0.29, 0.717) is 26.1 Å². The van der Waals surface area contributed by atoms with Crippen molar-refractivity contribution in [3.05, 3.63) is 0 Å². The van der Waals surface area contributed by atoms with Crippen LogP contribution in [0.25, 0.3) is 0 Å². The van der Waals surface area contributed by atoms with Crippen molar-refractivity contribution in [1.29, 1.82) is 0 Å².